The van der Waals surface area contributed by atoms with Crippen LogP contribution in [0.2, 0.25) is 10.0 Å². The number of hydrogen-bond donors (Lipinski definition) is 0. The SMILES string of the molecule is CCCn1ncc(OC)c1C(=O)c1c(Cl)cccc1Cl. The van der Waals surface area contributed by atoms with Gasteiger partial charge in [0.25, 0.3) is 0 Å². The van der Waals surface area contributed by atoms with Crippen molar-refractivity contribution in [1.82, 2.24) is 9.78 Å². The third-order valence-corrected chi connectivity index (χ3v) is 3.50. The Balaban J connectivity index is 2.55. The van der Waals surface area contributed by atoms with Crippen LogP contribution in [0.25, 0.3) is 0 Å². The zero-order valence-electron chi connectivity index (χ0n) is 11.2. The van der Waals surface area contributed by atoms with Crippen LogP contribution in [0.3, 0.4) is 0 Å². The van der Waals surface area contributed by atoms with Gasteiger partial charge in [-0.1, -0.05) is 36.2 Å². The lowest BCUT2D eigenvalue weighted by molar-refractivity contribution is 0.102. The molecule has 0 amide bonds. The molecule has 0 unspecified atom stereocenters. The number of benzene rings is 1. The highest BCUT2D eigenvalue weighted by atomic mass is 35.5. The van der Waals surface area contributed by atoms with E-state index in [1.54, 1.807) is 22.9 Å². The molecule has 1 aromatic carbocycles. The Morgan fingerprint density at radius 2 is 2.00 bits per heavy atom. The fourth-order valence-electron chi connectivity index (χ4n) is 1.96. The Hall–Kier alpha value is -1.52. The summed E-state index contributed by atoms with van der Waals surface area (Å²) in [6.45, 7) is 2.62. The standard InChI is InChI=1S/C14H14Cl2N2O2/c1-3-7-18-13(11(20-2)8-17-18)14(19)12-9(15)5-4-6-10(12)16/h4-6,8H,3,7H2,1-2H3. The molecule has 4 nitrogen and oxygen atoms in total. The Morgan fingerprint density at radius 3 is 2.55 bits per heavy atom. The van der Waals surface area contributed by atoms with Gasteiger partial charge in [0.1, 0.15) is 0 Å². The van der Waals surface area contributed by atoms with Crippen molar-refractivity contribution in [3.63, 3.8) is 0 Å². The smallest absolute Gasteiger partial charge is 0.217 e. The van der Waals surface area contributed by atoms with Crippen molar-refractivity contribution in [1.29, 1.82) is 0 Å². The summed E-state index contributed by atoms with van der Waals surface area (Å²) in [7, 11) is 1.50. The molecule has 0 fully saturated rings. The van der Waals surface area contributed by atoms with Crippen molar-refractivity contribution in [2.45, 2.75) is 19.9 Å². The molecule has 106 valence electrons. The van der Waals surface area contributed by atoms with E-state index >= 15 is 0 Å². The predicted molar refractivity (Wildman–Crippen MR) is 79.0 cm³/mol. The second-order valence-corrected chi connectivity index (χ2v) is 5.02. The molecule has 0 saturated carbocycles. The number of ether oxygens (including phenoxy) is 1. The Kier molecular flexibility index (Phi) is 4.68. The first kappa shape index (κ1) is 14.9. The molecule has 0 atom stereocenters. The zero-order valence-corrected chi connectivity index (χ0v) is 12.7. The van der Waals surface area contributed by atoms with Crippen molar-refractivity contribution in [2.24, 2.45) is 0 Å². The lowest BCUT2D eigenvalue weighted by Gasteiger charge is -2.09. The van der Waals surface area contributed by atoms with Gasteiger partial charge in [-0.15, -0.1) is 0 Å². The Morgan fingerprint density at radius 1 is 1.35 bits per heavy atom. The van der Waals surface area contributed by atoms with Gasteiger partial charge in [0.15, 0.2) is 11.4 Å². The minimum absolute atomic E-state index is 0.270. The second kappa shape index (κ2) is 6.29. The first-order valence-electron chi connectivity index (χ1n) is 6.18. The molecule has 1 aromatic heterocycles. The second-order valence-electron chi connectivity index (χ2n) is 4.21. The summed E-state index contributed by atoms with van der Waals surface area (Å²) in [4.78, 5) is 12.7. The quantitative estimate of drug-likeness (QED) is 0.788. The van der Waals surface area contributed by atoms with Crippen LogP contribution in [0.15, 0.2) is 24.4 Å². The first-order chi connectivity index (χ1) is 9.60. The molecule has 2 rings (SSSR count). The Labute approximate surface area is 127 Å². The van der Waals surface area contributed by atoms with Crippen LogP contribution < -0.4 is 4.74 Å². The average molecular weight is 313 g/mol. The molecule has 0 radical (unpaired) electrons. The molecular weight excluding hydrogens is 299 g/mol. The van der Waals surface area contributed by atoms with Gasteiger partial charge in [-0.2, -0.15) is 5.10 Å². The molecule has 0 N–H and O–H groups in total. The van der Waals surface area contributed by atoms with E-state index in [2.05, 4.69) is 5.10 Å². The highest BCUT2D eigenvalue weighted by molar-refractivity contribution is 6.41. The number of hydrogen-bond acceptors (Lipinski definition) is 3. The van der Waals surface area contributed by atoms with E-state index in [0.717, 1.165) is 6.42 Å². The highest BCUT2D eigenvalue weighted by Crippen LogP contribution is 2.30. The number of carbonyl (C=O) groups excluding carboxylic acids is 1. The highest BCUT2D eigenvalue weighted by Gasteiger charge is 2.24. The molecule has 0 aliphatic heterocycles. The summed E-state index contributed by atoms with van der Waals surface area (Å²) in [5.74, 6) is 0.128. The van der Waals surface area contributed by atoms with E-state index in [-0.39, 0.29) is 11.3 Å². The summed E-state index contributed by atoms with van der Waals surface area (Å²) in [6.07, 6.45) is 2.37. The van der Waals surface area contributed by atoms with Gasteiger partial charge >= 0.3 is 0 Å². The maximum absolute atomic E-state index is 12.7. The van der Waals surface area contributed by atoms with Gasteiger partial charge in [0.2, 0.25) is 5.78 Å². The minimum Gasteiger partial charge on any atom is -0.493 e. The summed E-state index contributed by atoms with van der Waals surface area (Å²) in [5, 5.41) is 4.79. The van der Waals surface area contributed by atoms with E-state index < -0.39 is 0 Å². The molecule has 0 aliphatic rings. The number of rotatable bonds is 5. The van der Waals surface area contributed by atoms with E-state index in [0.29, 0.717) is 28.0 Å². The van der Waals surface area contributed by atoms with Gasteiger partial charge in [0.05, 0.1) is 28.9 Å². The third kappa shape index (κ3) is 2.67. The molecule has 2 aromatic rings. The maximum Gasteiger partial charge on any atom is 0.217 e. The molecular formula is C14H14Cl2N2O2. The van der Waals surface area contributed by atoms with Crippen molar-refractivity contribution in [3.05, 3.63) is 45.7 Å². The summed E-state index contributed by atoms with van der Waals surface area (Å²) < 4.78 is 6.82. The maximum atomic E-state index is 12.7. The van der Waals surface area contributed by atoms with Gasteiger partial charge in [0, 0.05) is 6.54 Å². The van der Waals surface area contributed by atoms with Crippen LogP contribution in [-0.2, 0) is 6.54 Å². The van der Waals surface area contributed by atoms with Crippen molar-refractivity contribution < 1.29 is 9.53 Å². The number of ketones is 1. The van der Waals surface area contributed by atoms with Crippen molar-refractivity contribution in [2.75, 3.05) is 7.11 Å². The lowest BCUT2D eigenvalue weighted by atomic mass is 10.1. The van der Waals surface area contributed by atoms with E-state index in [4.69, 9.17) is 27.9 Å². The number of halogens is 2. The Bertz CT molecular complexity index is 618. The predicted octanol–water partition coefficient (Wildman–Crippen LogP) is 3.84. The van der Waals surface area contributed by atoms with Gasteiger partial charge in [-0.25, -0.2) is 0 Å². The monoisotopic (exact) mass is 312 g/mol. The molecule has 6 heteroatoms. The van der Waals surface area contributed by atoms with Gasteiger partial charge in [-0.3, -0.25) is 9.48 Å². The molecule has 20 heavy (non-hydrogen) atoms. The van der Waals surface area contributed by atoms with Gasteiger partial charge < -0.3 is 4.74 Å². The van der Waals surface area contributed by atoms with E-state index in [1.165, 1.54) is 13.3 Å². The lowest BCUT2D eigenvalue weighted by Crippen LogP contribution is -2.13. The number of methoxy groups -OCH3 is 1. The van der Waals surface area contributed by atoms with Crippen LogP contribution in [-0.4, -0.2) is 22.7 Å². The number of aryl methyl sites for hydroxylation is 1. The van der Waals surface area contributed by atoms with E-state index in [1.807, 2.05) is 6.92 Å². The van der Waals surface area contributed by atoms with Crippen LogP contribution in [0.5, 0.6) is 5.75 Å². The summed E-state index contributed by atoms with van der Waals surface area (Å²) >= 11 is 12.2. The molecule has 0 spiro atoms. The van der Waals surface area contributed by atoms with Gasteiger partial charge in [-0.05, 0) is 18.6 Å². The molecule has 1 heterocycles. The average Bonchev–Trinajstić information content (AvgIpc) is 2.81. The number of carbonyl (C=O) groups is 1. The first-order valence-corrected chi connectivity index (χ1v) is 6.94. The third-order valence-electron chi connectivity index (χ3n) is 2.87. The summed E-state index contributed by atoms with van der Waals surface area (Å²) in [6, 6.07) is 4.96. The van der Waals surface area contributed by atoms with Crippen LogP contribution >= 0.6 is 23.2 Å². The minimum atomic E-state index is -0.289. The van der Waals surface area contributed by atoms with Crippen LogP contribution in [0, 0.1) is 0 Å². The van der Waals surface area contributed by atoms with Crippen molar-refractivity contribution >= 4 is 29.0 Å². The zero-order chi connectivity index (χ0) is 14.7. The topological polar surface area (TPSA) is 44.1 Å². The van der Waals surface area contributed by atoms with Crippen molar-refractivity contribution in [3.8, 4) is 5.75 Å². The molecule has 0 saturated heterocycles. The number of aromatic nitrogens is 2. The summed E-state index contributed by atoms with van der Waals surface area (Å²) in [5.41, 5.74) is 0.635. The fourth-order valence-corrected chi connectivity index (χ4v) is 2.53. The van der Waals surface area contributed by atoms with Crippen LogP contribution in [0.4, 0.5) is 0 Å². The number of nitrogens with zero attached hydrogens (tertiary/aromatic N) is 2. The molecule has 0 bridgehead atoms. The fraction of sp³-hybridized carbons (Fsp3) is 0.286. The van der Waals surface area contributed by atoms with E-state index in [9.17, 15) is 4.79 Å². The van der Waals surface area contributed by atoms with Crippen LogP contribution in [0.1, 0.15) is 29.4 Å². The normalized spacial score (nSPS) is 10.6. The largest absolute Gasteiger partial charge is 0.493 e. The molecule has 0 aliphatic carbocycles.